The maximum absolute atomic E-state index is 11.8. The topological polar surface area (TPSA) is 70.1 Å². The summed E-state index contributed by atoms with van der Waals surface area (Å²) in [5, 5.41) is 0. The molecule has 0 amide bonds. The van der Waals surface area contributed by atoms with Crippen LogP contribution in [0.25, 0.3) is 0 Å². The average molecular weight is 265 g/mol. The summed E-state index contributed by atoms with van der Waals surface area (Å²) in [6.45, 7) is 6.28. The Balaban J connectivity index is 2.28. The Bertz CT molecular complexity index is 468. The summed E-state index contributed by atoms with van der Waals surface area (Å²) in [7, 11) is 0. The van der Waals surface area contributed by atoms with Gasteiger partial charge in [-0.1, -0.05) is 19.8 Å². The van der Waals surface area contributed by atoms with Crippen molar-refractivity contribution < 1.29 is 9.53 Å². The van der Waals surface area contributed by atoms with Gasteiger partial charge in [-0.25, -0.2) is 9.78 Å². The molecule has 106 valence electrons. The Morgan fingerprint density at radius 3 is 2.89 bits per heavy atom. The van der Waals surface area contributed by atoms with Crippen LogP contribution < -0.4 is 5.73 Å². The lowest BCUT2D eigenvalue weighted by molar-refractivity contribution is 0.0521. The zero-order valence-electron chi connectivity index (χ0n) is 12.0. The average Bonchev–Trinajstić information content (AvgIpc) is 2.65. The van der Waals surface area contributed by atoms with E-state index in [1.54, 1.807) is 6.92 Å². The third-order valence-electron chi connectivity index (χ3n) is 3.87. The molecule has 0 radical (unpaired) electrons. The van der Waals surface area contributed by atoms with Gasteiger partial charge in [-0.05, 0) is 32.6 Å². The second-order valence-corrected chi connectivity index (χ2v) is 5.41. The Labute approximate surface area is 114 Å². The van der Waals surface area contributed by atoms with Gasteiger partial charge in [0.2, 0.25) is 0 Å². The highest BCUT2D eigenvalue weighted by atomic mass is 16.5. The van der Waals surface area contributed by atoms with Crippen LogP contribution in [0.3, 0.4) is 0 Å². The first-order chi connectivity index (χ1) is 9.04. The molecule has 2 atom stereocenters. The molecule has 1 fully saturated rings. The monoisotopic (exact) mass is 265 g/mol. The number of nitrogen functional groups attached to an aromatic ring is 1. The first kappa shape index (κ1) is 13.9. The molecule has 0 aliphatic heterocycles. The lowest BCUT2D eigenvalue weighted by Crippen LogP contribution is -2.20. The van der Waals surface area contributed by atoms with Gasteiger partial charge in [-0.15, -0.1) is 0 Å². The van der Waals surface area contributed by atoms with Gasteiger partial charge in [0.1, 0.15) is 11.6 Å². The quantitative estimate of drug-likeness (QED) is 0.853. The predicted molar refractivity (Wildman–Crippen MR) is 74.0 cm³/mol. The molecule has 0 bridgehead atoms. The van der Waals surface area contributed by atoms with Gasteiger partial charge in [0.05, 0.1) is 6.61 Å². The molecule has 19 heavy (non-hydrogen) atoms. The summed E-state index contributed by atoms with van der Waals surface area (Å²) in [6.07, 6.45) is 4.68. The molecule has 5 nitrogen and oxygen atoms in total. The number of carbonyl (C=O) groups excluding carboxylic acids is 1. The molecule has 1 heterocycles. The lowest BCUT2D eigenvalue weighted by Gasteiger charge is -2.29. The van der Waals surface area contributed by atoms with Crippen molar-refractivity contribution in [2.75, 3.05) is 12.3 Å². The molecule has 1 saturated carbocycles. The molecule has 1 aliphatic carbocycles. The number of aromatic nitrogens is 2. The maximum atomic E-state index is 11.8. The van der Waals surface area contributed by atoms with Crippen LogP contribution in [-0.2, 0) is 4.74 Å². The smallest absolute Gasteiger partial charge is 0.360 e. The third-order valence-corrected chi connectivity index (χ3v) is 3.87. The number of rotatable bonds is 3. The van der Waals surface area contributed by atoms with Gasteiger partial charge < -0.3 is 15.0 Å². The molecule has 2 unspecified atom stereocenters. The number of nitrogens with two attached hydrogens (primary N) is 1. The largest absolute Gasteiger partial charge is 0.461 e. The van der Waals surface area contributed by atoms with E-state index in [-0.39, 0.29) is 5.69 Å². The van der Waals surface area contributed by atoms with Crippen LogP contribution >= 0.6 is 0 Å². The van der Waals surface area contributed by atoms with E-state index >= 15 is 0 Å². The number of nitrogens with zero attached hydrogens (tertiary/aromatic N) is 2. The summed E-state index contributed by atoms with van der Waals surface area (Å²) < 4.78 is 7.01. The summed E-state index contributed by atoms with van der Waals surface area (Å²) in [5.41, 5.74) is 6.37. The van der Waals surface area contributed by atoms with Crippen molar-refractivity contribution in [2.45, 2.75) is 52.5 Å². The number of ether oxygens (including phenoxy) is 1. The van der Waals surface area contributed by atoms with Crippen molar-refractivity contribution in [1.29, 1.82) is 0 Å². The third kappa shape index (κ3) is 2.74. The van der Waals surface area contributed by atoms with Crippen LogP contribution in [0, 0.1) is 12.8 Å². The number of hydrogen-bond donors (Lipinski definition) is 1. The van der Waals surface area contributed by atoms with Crippen LogP contribution in [-0.4, -0.2) is 22.1 Å². The minimum atomic E-state index is -0.425. The van der Waals surface area contributed by atoms with E-state index in [9.17, 15) is 4.79 Å². The Hall–Kier alpha value is -1.52. The zero-order valence-corrected chi connectivity index (χ0v) is 12.0. The highest BCUT2D eigenvalue weighted by molar-refractivity contribution is 5.92. The number of carbonyl (C=O) groups is 1. The van der Waals surface area contributed by atoms with Gasteiger partial charge in [-0.3, -0.25) is 0 Å². The second-order valence-electron chi connectivity index (χ2n) is 5.41. The van der Waals surface area contributed by atoms with Crippen molar-refractivity contribution in [1.82, 2.24) is 9.55 Å². The van der Waals surface area contributed by atoms with Crippen molar-refractivity contribution in [3.8, 4) is 0 Å². The SMILES string of the molecule is CCOC(=O)c1nc(C)n(C2CCCC(C)C2)c1N. The number of esters is 1. The molecule has 1 aromatic heterocycles. The van der Waals surface area contributed by atoms with Crippen LogP contribution in [0.5, 0.6) is 0 Å². The number of aryl methyl sites for hydroxylation is 1. The van der Waals surface area contributed by atoms with Crippen molar-refractivity contribution in [3.63, 3.8) is 0 Å². The van der Waals surface area contributed by atoms with Crippen LogP contribution in [0.1, 0.15) is 61.9 Å². The van der Waals surface area contributed by atoms with E-state index in [0.29, 0.717) is 24.4 Å². The van der Waals surface area contributed by atoms with E-state index in [1.165, 1.54) is 12.8 Å². The second kappa shape index (κ2) is 5.63. The van der Waals surface area contributed by atoms with Crippen molar-refractivity contribution >= 4 is 11.8 Å². The molecule has 0 saturated heterocycles. The molecule has 1 aromatic rings. The molecule has 2 N–H and O–H groups in total. The normalized spacial score (nSPS) is 23.3. The fraction of sp³-hybridized carbons (Fsp3) is 0.714. The van der Waals surface area contributed by atoms with Crippen LogP contribution in [0.4, 0.5) is 5.82 Å². The Morgan fingerprint density at radius 2 is 2.26 bits per heavy atom. The molecule has 1 aliphatic rings. The van der Waals surface area contributed by atoms with E-state index in [1.807, 2.05) is 11.5 Å². The first-order valence-corrected chi connectivity index (χ1v) is 7.06. The van der Waals surface area contributed by atoms with Crippen molar-refractivity contribution in [2.24, 2.45) is 5.92 Å². The fourth-order valence-electron chi connectivity index (χ4n) is 3.01. The molecular formula is C14H23N3O2. The highest BCUT2D eigenvalue weighted by Gasteiger charge is 2.27. The van der Waals surface area contributed by atoms with Gasteiger partial charge in [-0.2, -0.15) is 0 Å². The molecule has 2 rings (SSSR count). The lowest BCUT2D eigenvalue weighted by atomic mass is 9.87. The zero-order chi connectivity index (χ0) is 14.0. The minimum Gasteiger partial charge on any atom is -0.461 e. The van der Waals surface area contributed by atoms with Crippen molar-refractivity contribution in [3.05, 3.63) is 11.5 Å². The van der Waals surface area contributed by atoms with Gasteiger partial charge in [0, 0.05) is 6.04 Å². The Kier molecular flexibility index (Phi) is 4.12. The highest BCUT2D eigenvalue weighted by Crippen LogP contribution is 2.35. The summed E-state index contributed by atoms with van der Waals surface area (Å²) in [5.74, 6) is 1.53. The predicted octanol–water partition coefficient (Wildman–Crippen LogP) is 2.70. The van der Waals surface area contributed by atoms with E-state index in [2.05, 4.69) is 11.9 Å². The van der Waals surface area contributed by atoms with Crippen LogP contribution in [0.2, 0.25) is 0 Å². The molecule has 0 aromatic carbocycles. The summed E-state index contributed by atoms with van der Waals surface area (Å²) in [6, 6.07) is 0.361. The number of anilines is 1. The van der Waals surface area contributed by atoms with Gasteiger partial charge in [0.25, 0.3) is 0 Å². The molecule has 5 heteroatoms. The maximum Gasteiger partial charge on any atom is 0.360 e. The number of hydrogen-bond acceptors (Lipinski definition) is 4. The molecule has 0 spiro atoms. The van der Waals surface area contributed by atoms with E-state index in [4.69, 9.17) is 10.5 Å². The van der Waals surface area contributed by atoms with Gasteiger partial charge >= 0.3 is 5.97 Å². The van der Waals surface area contributed by atoms with E-state index in [0.717, 1.165) is 18.7 Å². The van der Waals surface area contributed by atoms with Gasteiger partial charge in [0.15, 0.2) is 5.69 Å². The number of imidazole rings is 1. The Morgan fingerprint density at radius 1 is 1.53 bits per heavy atom. The van der Waals surface area contributed by atoms with Crippen LogP contribution in [0.15, 0.2) is 0 Å². The fourth-order valence-corrected chi connectivity index (χ4v) is 3.01. The minimum absolute atomic E-state index is 0.262. The standard InChI is InChI=1S/C14H23N3O2/c1-4-19-14(18)12-13(15)17(10(3)16-12)11-7-5-6-9(2)8-11/h9,11H,4-8,15H2,1-3H3. The molecular weight excluding hydrogens is 242 g/mol. The summed E-state index contributed by atoms with van der Waals surface area (Å²) >= 11 is 0. The van der Waals surface area contributed by atoms with E-state index < -0.39 is 5.97 Å². The first-order valence-electron chi connectivity index (χ1n) is 7.06. The summed E-state index contributed by atoms with van der Waals surface area (Å²) in [4.78, 5) is 16.1.